The maximum atomic E-state index is 9.34. The van der Waals surface area contributed by atoms with Gasteiger partial charge in [-0.25, -0.2) is 9.98 Å². The molecule has 0 bridgehead atoms. The van der Waals surface area contributed by atoms with E-state index in [1.807, 2.05) is 67.4 Å². The standard InChI is InChI=1S/C19H18N6/c1-19(2,12-20)14-3-5-15(6-4-14)25-17-7-8-22-16(17)11-23-18(25)24-10-9-21-13-24/h3-11,13,18,22H,1-2H3. The molecular weight excluding hydrogens is 312 g/mol. The van der Waals surface area contributed by atoms with Gasteiger partial charge in [0.2, 0.25) is 6.29 Å². The van der Waals surface area contributed by atoms with Crippen LogP contribution in [0.2, 0.25) is 0 Å². The van der Waals surface area contributed by atoms with E-state index in [-0.39, 0.29) is 6.29 Å². The Bertz CT molecular complexity index is 941. The second-order valence-electron chi connectivity index (χ2n) is 6.56. The van der Waals surface area contributed by atoms with Gasteiger partial charge < -0.3 is 4.98 Å². The quantitative estimate of drug-likeness (QED) is 0.795. The van der Waals surface area contributed by atoms with Crippen molar-refractivity contribution in [3.05, 3.63) is 66.5 Å². The van der Waals surface area contributed by atoms with Crippen LogP contribution in [0.3, 0.4) is 0 Å². The molecule has 25 heavy (non-hydrogen) atoms. The molecule has 1 N–H and O–H groups in total. The van der Waals surface area contributed by atoms with Crippen LogP contribution in [-0.4, -0.2) is 20.7 Å². The monoisotopic (exact) mass is 330 g/mol. The molecule has 6 heteroatoms. The number of benzene rings is 1. The molecule has 1 aliphatic rings. The van der Waals surface area contributed by atoms with Gasteiger partial charge in [-0.15, -0.1) is 0 Å². The number of aromatic amines is 1. The van der Waals surface area contributed by atoms with Crippen LogP contribution in [0, 0.1) is 11.3 Å². The Labute approximate surface area is 146 Å². The molecule has 1 atom stereocenters. The molecule has 1 aromatic carbocycles. The molecule has 2 aromatic heterocycles. The molecule has 1 unspecified atom stereocenters. The van der Waals surface area contributed by atoms with E-state index in [1.165, 1.54) is 0 Å². The summed E-state index contributed by atoms with van der Waals surface area (Å²) < 4.78 is 1.96. The summed E-state index contributed by atoms with van der Waals surface area (Å²) in [5.41, 5.74) is 3.52. The first kappa shape index (κ1) is 15.2. The number of nitrogens with one attached hydrogen (secondary N) is 1. The van der Waals surface area contributed by atoms with E-state index in [9.17, 15) is 5.26 Å². The summed E-state index contributed by atoms with van der Waals surface area (Å²) in [6.45, 7) is 3.84. The first-order chi connectivity index (χ1) is 12.1. The molecule has 0 radical (unpaired) electrons. The summed E-state index contributed by atoms with van der Waals surface area (Å²) in [4.78, 5) is 14.2. The largest absolute Gasteiger partial charge is 0.359 e. The van der Waals surface area contributed by atoms with Crippen LogP contribution >= 0.6 is 0 Å². The molecule has 3 aromatic rings. The lowest BCUT2D eigenvalue weighted by atomic mass is 9.86. The summed E-state index contributed by atoms with van der Waals surface area (Å²) in [6, 6.07) is 12.5. The zero-order valence-electron chi connectivity index (χ0n) is 14.1. The minimum atomic E-state index is -0.512. The van der Waals surface area contributed by atoms with E-state index >= 15 is 0 Å². The smallest absolute Gasteiger partial charge is 0.207 e. The van der Waals surface area contributed by atoms with Crippen molar-refractivity contribution in [2.24, 2.45) is 4.99 Å². The molecule has 0 aliphatic carbocycles. The summed E-state index contributed by atoms with van der Waals surface area (Å²) in [5, 5.41) is 9.34. The fourth-order valence-corrected chi connectivity index (χ4v) is 3.01. The molecular formula is C19H18N6. The van der Waals surface area contributed by atoms with Crippen LogP contribution in [0.1, 0.15) is 31.4 Å². The van der Waals surface area contributed by atoms with Crippen molar-refractivity contribution in [3.63, 3.8) is 0 Å². The van der Waals surface area contributed by atoms with Gasteiger partial charge in [0, 0.05) is 24.3 Å². The average molecular weight is 330 g/mol. The van der Waals surface area contributed by atoms with Gasteiger partial charge >= 0.3 is 0 Å². The second-order valence-corrected chi connectivity index (χ2v) is 6.56. The van der Waals surface area contributed by atoms with E-state index in [0.29, 0.717) is 0 Å². The molecule has 124 valence electrons. The van der Waals surface area contributed by atoms with Crippen LogP contribution in [-0.2, 0) is 5.41 Å². The van der Waals surface area contributed by atoms with Crippen LogP contribution < -0.4 is 4.90 Å². The average Bonchev–Trinajstić information content (AvgIpc) is 3.32. The van der Waals surface area contributed by atoms with Crippen molar-refractivity contribution in [1.82, 2.24) is 14.5 Å². The van der Waals surface area contributed by atoms with Crippen molar-refractivity contribution in [2.45, 2.75) is 25.6 Å². The predicted molar refractivity (Wildman–Crippen MR) is 96.9 cm³/mol. The molecule has 1 aliphatic heterocycles. The van der Waals surface area contributed by atoms with E-state index in [1.54, 1.807) is 12.5 Å². The van der Waals surface area contributed by atoms with Crippen molar-refractivity contribution in [3.8, 4) is 6.07 Å². The first-order valence-electron chi connectivity index (χ1n) is 8.09. The van der Waals surface area contributed by atoms with Gasteiger partial charge in [-0.1, -0.05) is 12.1 Å². The van der Waals surface area contributed by atoms with Gasteiger partial charge in [0.1, 0.15) is 0 Å². The number of aliphatic imine (C=N–C) groups is 1. The highest BCUT2D eigenvalue weighted by Gasteiger charge is 2.27. The Balaban J connectivity index is 1.78. The zero-order chi connectivity index (χ0) is 17.4. The van der Waals surface area contributed by atoms with Gasteiger partial charge in [-0.3, -0.25) is 9.47 Å². The highest BCUT2D eigenvalue weighted by atomic mass is 15.4. The lowest BCUT2D eigenvalue weighted by Gasteiger charge is -2.34. The van der Waals surface area contributed by atoms with Crippen molar-refractivity contribution in [1.29, 1.82) is 5.26 Å². The van der Waals surface area contributed by atoms with Crippen LogP contribution in [0.4, 0.5) is 11.4 Å². The van der Waals surface area contributed by atoms with E-state index in [4.69, 9.17) is 0 Å². The Hall–Kier alpha value is -3.33. The number of imidazole rings is 1. The summed E-state index contributed by atoms with van der Waals surface area (Å²) in [7, 11) is 0. The molecule has 0 fully saturated rings. The highest BCUT2D eigenvalue weighted by molar-refractivity contribution is 5.90. The van der Waals surface area contributed by atoms with Crippen LogP contribution in [0.25, 0.3) is 0 Å². The molecule has 0 spiro atoms. The number of H-pyrrole nitrogens is 1. The van der Waals surface area contributed by atoms with Gasteiger partial charge in [0.25, 0.3) is 0 Å². The third kappa shape index (κ3) is 2.50. The van der Waals surface area contributed by atoms with Gasteiger partial charge in [0.05, 0.1) is 35.4 Å². The Morgan fingerprint density at radius 3 is 2.68 bits per heavy atom. The lowest BCUT2D eigenvalue weighted by Crippen LogP contribution is -2.30. The second kappa shape index (κ2) is 5.64. The van der Waals surface area contributed by atoms with E-state index in [0.717, 1.165) is 22.6 Å². The number of rotatable bonds is 3. The molecule has 4 rings (SSSR count). The van der Waals surface area contributed by atoms with Crippen molar-refractivity contribution >= 4 is 17.6 Å². The normalized spacial score (nSPS) is 16.5. The van der Waals surface area contributed by atoms with Gasteiger partial charge in [-0.05, 0) is 37.6 Å². The number of nitrogens with zero attached hydrogens (tertiary/aromatic N) is 5. The Kier molecular flexibility index (Phi) is 3.43. The van der Waals surface area contributed by atoms with E-state index < -0.39 is 5.41 Å². The van der Waals surface area contributed by atoms with Crippen molar-refractivity contribution in [2.75, 3.05) is 4.90 Å². The number of hydrogen-bond donors (Lipinski definition) is 1. The van der Waals surface area contributed by atoms with Crippen LogP contribution in [0.5, 0.6) is 0 Å². The number of anilines is 2. The van der Waals surface area contributed by atoms with Crippen molar-refractivity contribution < 1.29 is 0 Å². The fraction of sp³-hybridized carbons (Fsp3) is 0.211. The first-order valence-corrected chi connectivity index (χ1v) is 8.09. The number of nitriles is 1. The zero-order valence-corrected chi connectivity index (χ0v) is 14.1. The number of hydrogen-bond acceptors (Lipinski definition) is 4. The SMILES string of the molecule is CC(C)(C#N)c1ccc(N2c3cc[nH]c3C=NC2n2ccnc2)cc1. The molecule has 0 saturated heterocycles. The molecule has 3 heterocycles. The third-order valence-electron chi connectivity index (χ3n) is 4.52. The molecule has 0 amide bonds. The minimum absolute atomic E-state index is 0.236. The van der Waals surface area contributed by atoms with Gasteiger partial charge in [-0.2, -0.15) is 5.26 Å². The van der Waals surface area contributed by atoms with Gasteiger partial charge in [0.15, 0.2) is 0 Å². The summed E-state index contributed by atoms with van der Waals surface area (Å²) >= 11 is 0. The predicted octanol–water partition coefficient (Wildman–Crippen LogP) is 3.74. The maximum absolute atomic E-state index is 9.34. The Morgan fingerprint density at radius 2 is 2.00 bits per heavy atom. The number of aromatic nitrogens is 3. The van der Waals surface area contributed by atoms with Crippen LogP contribution in [0.15, 0.2) is 60.2 Å². The number of fused-ring (bicyclic) bond motifs is 1. The van der Waals surface area contributed by atoms with E-state index in [2.05, 4.69) is 25.9 Å². The maximum Gasteiger partial charge on any atom is 0.207 e. The molecule has 0 saturated carbocycles. The summed E-state index contributed by atoms with van der Waals surface area (Å²) in [6.07, 6.45) is 8.94. The third-order valence-corrected chi connectivity index (χ3v) is 4.52. The summed E-state index contributed by atoms with van der Waals surface area (Å²) in [5.74, 6) is 0. The topological polar surface area (TPSA) is 73.0 Å². The Morgan fingerprint density at radius 1 is 1.20 bits per heavy atom. The fourth-order valence-electron chi connectivity index (χ4n) is 3.01. The highest BCUT2D eigenvalue weighted by Crippen LogP contribution is 2.38. The lowest BCUT2D eigenvalue weighted by molar-refractivity contribution is 0.529. The molecule has 6 nitrogen and oxygen atoms in total. The minimum Gasteiger partial charge on any atom is -0.359 e.